The highest BCUT2D eigenvalue weighted by Crippen LogP contribution is 2.47. The normalized spacial score (nSPS) is 31.8. The van der Waals surface area contributed by atoms with Gasteiger partial charge in [0.1, 0.15) is 46.7 Å². The number of hydrogen-bond acceptors (Lipinski definition) is 16. The largest absolute Gasteiger partial charge is 0.464 e. The Labute approximate surface area is 368 Å². The van der Waals surface area contributed by atoms with Gasteiger partial charge in [-0.25, -0.2) is 24.8 Å². The topological polar surface area (TPSA) is 327 Å². The zero-order valence-electron chi connectivity index (χ0n) is 33.7. The Hall–Kier alpha value is -5.09. The monoisotopic (exact) mass is 961 g/mol. The van der Waals surface area contributed by atoms with Crippen molar-refractivity contribution < 1.29 is 57.2 Å². The second-order valence-electron chi connectivity index (χ2n) is 16.3. The molecule has 0 spiro atoms. The molecule has 1 amide bonds. The van der Waals surface area contributed by atoms with Crippen molar-refractivity contribution in [1.82, 2.24) is 24.6 Å². The van der Waals surface area contributed by atoms with Crippen molar-refractivity contribution in [2.75, 3.05) is 6.54 Å². The maximum absolute atomic E-state index is 15.4. The average Bonchev–Trinajstić information content (AvgIpc) is 3.96. The van der Waals surface area contributed by atoms with Crippen molar-refractivity contribution >= 4 is 70.0 Å². The Kier molecular flexibility index (Phi) is 10.9. The van der Waals surface area contributed by atoms with Gasteiger partial charge in [-0.2, -0.15) is 38.0 Å². The minimum absolute atomic E-state index is 0.0126. The molecular formula is C38H43N9O13S4. The number of nitrogens with zero attached hydrogens (tertiary/aromatic N) is 6. The summed E-state index contributed by atoms with van der Waals surface area (Å²) in [5, 5.41) is 17.1. The molecule has 2 fully saturated rings. The third-order valence-electron chi connectivity index (χ3n) is 12.5. The van der Waals surface area contributed by atoms with Crippen LogP contribution in [0, 0.1) is 23.7 Å². The lowest BCUT2D eigenvalue weighted by molar-refractivity contribution is 0.161. The molecule has 9 rings (SSSR count). The fourth-order valence-electron chi connectivity index (χ4n) is 9.72. The van der Waals surface area contributed by atoms with Crippen LogP contribution in [0.1, 0.15) is 45.4 Å². The molecule has 2 saturated heterocycles. The van der Waals surface area contributed by atoms with E-state index in [0.717, 1.165) is 5.57 Å². The number of aliphatic imine (C=N–C) groups is 4. The van der Waals surface area contributed by atoms with E-state index >= 15 is 8.42 Å². The van der Waals surface area contributed by atoms with Crippen molar-refractivity contribution in [2.45, 2.75) is 75.4 Å². The van der Waals surface area contributed by atoms with Gasteiger partial charge < -0.3 is 21.1 Å². The number of nitrogens with one attached hydrogen (secondary N) is 3. The van der Waals surface area contributed by atoms with Crippen molar-refractivity contribution in [3.8, 4) is 0 Å². The van der Waals surface area contributed by atoms with Gasteiger partial charge in [0.2, 0.25) is 0 Å². The van der Waals surface area contributed by atoms with Crippen molar-refractivity contribution in [2.24, 2.45) is 43.6 Å². The van der Waals surface area contributed by atoms with Crippen LogP contribution in [0.15, 0.2) is 113 Å². The maximum Gasteiger partial charge on any atom is 0.422 e. The number of amidine groups is 4. The molecule has 9 atom stereocenters. The third-order valence-corrected chi connectivity index (χ3v) is 17.7. The molecule has 64 heavy (non-hydrogen) atoms. The van der Waals surface area contributed by atoms with Gasteiger partial charge in [-0.3, -0.25) is 13.7 Å². The van der Waals surface area contributed by atoms with Crippen LogP contribution in [0.5, 0.6) is 0 Å². The molecule has 0 saturated carbocycles. The zero-order valence-corrected chi connectivity index (χ0v) is 37.0. The summed E-state index contributed by atoms with van der Waals surface area (Å²) >= 11 is 0. The van der Waals surface area contributed by atoms with Crippen LogP contribution in [0.4, 0.5) is 4.79 Å². The maximum atomic E-state index is 15.4. The van der Waals surface area contributed by atoms with E-state index in [1.54, 1.807) is 30.4 Å². The highest BCUT2D eigenvalue weighted by Gasteiger charge is 2.58. The Bertz CT molecular complexity index is 2960. The number of unbranched alkanes of at least 4 members (excludes halogenated alkanes) is 2. The highest BCUT2D eigenvalue weighted by molar-refractivity contribution is 7.95. The average molecular weight is 962 g/mol. The van der Waals surface area contributed by atoms with Gasteiger partial charge >= 0.3 is 16.3 Å². The van der Waals surface area contributed by atoms with Crippen molar-refractivity contribution in [1.29, 1.82) is 0 Å². The predicted octanol–water partition coefficient (Wildman–Crippen LogP) is 1.75. The predicted molar refractivity (Wildman–Crippen MR) is 232 cm³/mol. The smallest absolute Gasteiger partial charge is 0.422 e. The molecular weight excluding hydrogens is 919 g/mol. The number of fused-ring (bicyclic) bond motifs is 17. The first-order chi connectivity index (χ1) is 30.2. The Morgan fingerprint density at radius 2 is 1.47 bits per heavy atom. The second-order valence-corrected chi connectivity index (χ2v) is 22.3. The van der Waals surface area contributed by atoms with E-state index in [4.69, 9.17) is 15.0 Å². The summed E-state index contributed by atoms with van der Waals surface area (Å²) in [4.78, 5) is 29.3. The molecule has 26 heteroatoms. The lowest BCUT2D eigenvalue weighted by atomic mass is 9.88. The Balaban J connectivity index is 1.34. The standard InChI is InChI=1S/C38H43N9O13S4/c1-2-3-10-17-46(38(48)49)64(59,60)47-36-24-16-9-8-15-23(24)34(44-36)42-32-20-12-5-4-11-19(20)30(40-32)39-31-21-13-6-7-14-22(21)33(41-31)43-35-27-25(37(47)45-35)18-26(61(50,51)52)28(62(53,54)55)29(27)63(56,57)58/h5-6,8-9,11-16,20-21,23-24,29,31-32,36-37H,2-4,7,10,17-18H2,1H3,(H,39,40)(H,42,44)(H,48,49)(H,41,43,45)(H,50,51,52)(H,53,54,55)(H,56,57,58). The van der Waals surface area contributed by atoms with Gasteiger partial charge in [0, 0.05) is 53.4 Å². The van der Waals surface area contributed by atoms with Crippen LogP contribution in [-0.4, -0.2) is 127 Å². The van der Waals surface area contributed by atoms with E-state index in [1.165, 1.54) is 0 Å². The van der Waals surface area contributed by atoms with Crippen LogP contribution in [0.2, 0.25) is 0 Å². The van der Waals surface area contributed by atoms with E-state index in [2.05, 4.69) is 20.9 Å². The molecule has 7 N–H and O–H groups in total. The first kappa shape index (κ1) is 44.1. The van der Waals surface area contributed by atoms with Crippen LogP contribution >= 0.6 is 0 Å². The van der Waals surface area contributed by atoms with Crippen LogP contribution in [0.25, 0.3) is 0 Å². The first-order valence-electron chi connectivity index (χ1n) is 20.3. The fourth-order valence-corrected chi connectivity index (χ4v) is 15.3. The molecule has 0 aromatic rings. The molecule has 9 unspecified atom stereocenters. The van der Waals surface area contributed by atoms with E-state index in [9.17, 15) is 48.8 Å². The summed E-state index contributed by atoms with van der Waals surface area (Å²) in [7, 11) is -23.0. The van der Waals surface area contributed by atoms with E-state index in [1.807, 2.05) is 37.3 Å². The molecule has 9 aliphatic rings. The van der Waals surface area contributed by atoms with E-state index in [0.29, 0.717) is 41.4 Å². The number of carboxylic acid groups (broad SMARTS) is 1. The first-order valence-corrected chi connectivity index (χ1v) is 26.1. The van der Waals surface area contributed by atoms with Crippen LogP contribution in [0.3, 0.4) is 0 Å². The lowest BCUT2D eigenvalue weighted by Gasteiger charge is -2.38. The van der Waals surface area contributed by atoms with Crippen LogP contribution < -0.4 is 16.0 Å². The van der Waals surface area contributed by atoms with Gasteiger partial charge in [0.05, 0.1) is 4.91 Å². The zero-order chi connectivity index (χ0) is 45.7. The summed E-state index contributed by atoms with van der Waals surface area (Å²) < 4.78 is 143. The Morgan fingerprint density at radius 3 is 2.12 bits per heavy atom. The minimum atomic E-state index is -5.93. The number of rotatable bonds is 9. The summed E-state index contributed by atoms with van der Waals surface area (Å²) in [6.07, 6.45) is 11.9. The van der Waals surface area contributed by atoms with Crippen molar-refractivity contribution in [3.05, 3.63) is 92.9 Å². The summed E-state index contributed by atoms with van der Waals surface area (Å²) in [5.74, 6) is -2.33. The van der Waals surface area contributed by atoms with Gasteiger partial charge in [0.25, 0.3) is 30.4 Å². The molecule has 5 aliphatic heterocycles. The number of allylic oxidation sites excluding steroid dienone is 7. The lowest BCUT2D eigenvalue weighted by Crippen LogP contribution is -2.59. The summed E-state index contributed by atoms with van der Waals surface area (Å²) in [6, 6.07) is 0. The third kappa shape index (κ3) is 7.41. The Morgan fingerprint density at radius 1 is 0.797 bits per heavy atom. The van der Waals surface area contributed by atoms with Gasteiger partial charge in [-0.05, 0) is 24.8 Å². The molecule has 0 aromatic heterocycles. The molecule has 4 aliphatic carbocycles. The molecule has 22 nitrogen and oxygen atoms in total. The van der Waals surface area contributed by atoms with E-state index < -0.39 is 134 Å². The van der Waals surface area contributed by atoms with E-state index in [-0.39, 0.29) is 28.3 Å². The minimum Gasteiger partial charge on any atom is -0.464 e. The molecule has 342 valence electrons. The van der Waals surface area contributed by atoms with Gasteiger partial charge in [-0.15, -0.1) is 4.31 Å². The molecule has 8 bridgehead atoms. The number of hydrogen-bond donors (Lipinski definition) is 7. The van der Waals surface area contributed by atoms with Gasteiger partial charge in [0.15, 0.2) is 11.4 Å². The molecule has 0 radical (unpaired) electrons. The number of carbonyl (C=O) groups is 1. The fraction of sp³-hybridized carbons (Fsp3) is 0.447. The van der Waals surface area contributed by atoms with Crippen molar-refractivity contribution in [3.63, 3.8) is 0 Å². The number of amides is 1. The summed E-state index contributed by atoms with van der Waals surface area (Å²) in [5.41, 5.74) is -0.0430. The summed E-state index contributed by atoms with van der Waals surface area (Å²) in [6.45, 7) is 1.26. The molecule has 0 aromatic carbocycles. The van der Waals surface area contributed by atoms with Crippen LogP contribution in [-0.2, 0) is 40.6 Å². The second kappa shape index (κ2) is 15.8. The quantitative estimate of drug-likeness (QED) is 0.0983. The highest BCUT2D eigenvalue weighted by atomic mass is 32.2. The SMILES string of the molecule is CCCCCN(C(=O)O)S(=O)(=O)N1C2N=C(NC3=NC(N=C4NC(N=C5NC1C1C=CC=CC51)C1C=CCC=C41)C1C=CCC=C31)C1=C2CC(S(=O)(=O)O)=C(S(=O)(=O)O)C1S(=O)(=O)O. The van der Waals surface area contributed by atoms with Gasteiger partial charge in [-0.1, -0.05) is 80.5 Å². The molecule has 5 heterocycles.